The summed E-state index contributed by atoms with van der Waals surface area (Å²) in [7, 11) is 0. The molecule has 0 saturated carbocycles. The van der Waals surface area contributed by atoms with Gasteiger partial charge in [-0.1, -0.05) is 117 Å². The Morgan fingerprint density at radius 2 is 0.677 bits per heavy atom. The fourth-order valence-corrected chi connectivity index (χ4v) is 3.16. The second kappa shape index (κ2) is 37.8. The Bertz CT molecular complexity index is 307. The van der Waals surface area contributed by atoms with E-state index in [1.807, 2.05) is 0 Å². The van der Waals surface area contributed by atoms with E-state index in [0.717, 1.165) is 25.7 Å². The van der Waals surface area contributed by atoms with E-state index in [4.69, 9.17) is 0 Å². The number of carbonyl (C=O) groups excluding carboxylic acids is 2. The molecule has 0 aliphatic heterocycles. The van der Waals surface area contributed by atoms with E-state index in [2.05, 4.69) is 18.8 Å². The quantitative estimate of drug-likeness (QED) is 0.135. The van der Waals surface area contributed by atoms with Crippen LogP contribution in [0.1, 0.15) is 142 Å². The molecule has 0 aromatic carbocycles. The third kappa shape index (κ3) is 49.0. The molecule has 31 heavy (non-hydrogen) atoms. The average Bonchev–Trinajstić information content (AvgIpc) is 2.73. The predicted octanol–water partition coefficient (Wildman–Crippen LogP) is 5.14. The second-order valence-electron chi connectivity index (χ2n) is 7.90. The van der Waals surface area contributed by atoms with Crippen LogP contribution in [-0.4, -0.2) is 58.4 Å². The molecule has 0 aromatic rings. The molecule has 0 saturated heterocycles. The van der Waals surface area contributed by atoms with Crippen LogP contribution in [0.25, 0.3) is 0 Å². The molecular weight excluding hydrogens is 602 g/mol. The first-order valence-corrected chi connectivity index (χ1v) is 15.3. The largest absolute Gasteiger partial charge is 4.00 e. The maximum absolute atomic E-state index is 10.1. The van der Waals surface area contributed by atoms with Crippen LogP contribution in [0.3, 0.4) is 0 Å². The summed E-state index contributed by atoms with van der Waals surface area (Å²) < 4.78 is 0. The summed E-state index contributed by atoms with van der Waals surface area (Å²) in [5, 5.41) is 20.2. The smallest absolute Gasteiger partial charge is 4.00 e. The molecule has 0 aliphatic rings. The molecule has 4 nitrogen and oxygen atoms in total. The minimum absolute atomic E-state index is 0. The van der Waals surface area contributed by atoms with Crippen molar-refractivity contribution in [3.63, 3.8) is 0 Å². The molecule has 0 bridgehead atoms. The molecular formula is C25H49O4Sn2+5. The van der Waals surface area contributed by atoms with E-state index in [9.17, 15) is 19.8 Å². The molecule has 0 atom stereocenters. The van der Waals surface area contributed by atoms with Gasteiger partial charge < -0.3 is 19.8 Å². The molecule has 0 aromatic heterocycles. The van der Waals surface area contributed by atoms with Gasteiger partial charge in [-0.2, -0.15) is 0 Å². The number of rotatable bonds is 20. The Labute approximate surface area is 224 Å². The van der Waals surface area contributed by atoms with Gasteiger partial charge in [0.2, 0.25) is 0 Å². The summed E-state index contributed by atoms with van der Waals surface area (Å²) in [4.78, 5) is 22.3. The van der Waals surface area contributed by atoms with E-state index in [1.54, 1.807) is 22.5 Å². The summed E-state index contributed by atoms with van der Waals surface area (Å²) in [6.07, 6.45) is 22.3. The summed E-state index contributed by atoms with van der Waals surface area (Å²) >= 11 is 1.55. The normalized spacial score (nSPS) is 9.58. The van der Waals surface area contributed by atoms with E-state index in [-0.39, 0.29) is 36.7 Å². The van der Waals surface area contributed by atoms with Crippen molar-refractivity contribution >= 4 is 58.4 Å². The van der Waals surface area contributed by atoms with Crippen molar-refractivity contribution in [3.05, 3.63) is 0 Å². The zero-order valence-electron chi connectivity index (χ0n) is 20.8. The Hall–Kier alpha value is 0.537. The standard InChI is InChI=1S/2C12H24O2.CH3.2Sn/c2*1-2-3-4-5-6-7-8-9-10-11-12(13)14;;;/h2*2-11H2,1H3,(H,13,14);1H3;;/q;;;+3;+4/p-2. The Morgan fingerprint density at radius 3 is 0.871 bits per heavy atom. The van der Waals surface area contributed by atoms with Crippen molar-refractivity contribution in [1.29, 1.82) is 0 Å². The zero-order chi connectivity index (χ0) is 23.3. The molecule has 0 N–H and O–H groups in total. The molecule has 0 rings (SSSR count). The Morgan fingerprint density at radius 1 is 0.484 bits per heavy atom. The van der Waals surface area contributed by atoms with Crippen molar-refractivity contribution in [2.75, 3.05) is 0 Å². The monoisotopic (exact) mass is 653 g/mol. The van der Waals surface area contributed by atoms with Crippen molar-refractivity contribution in [2.45, 2.75) is 147 Å². The summed E-state index contributed by atoms with van der Waals surface area (Å²) in [6, 6.07) is 0. The van der Waals surface area contributed by atoms with Gasteiger partial charge in [0.15, 0.2) is 0 Å². The van der Waals surface area contributed by atoms with E-state index in [1.165, 1.54) is 89.9 Å². The molecule has 0 amide bonds. The second-order valence-corrected chi connectivity index (χ2v) is 7.90. The predicted molar refractivity (Wildman–Crippen MR) is 131 cm³/mol. The van der Waals surface area contributed by atoms with Gasteiger partial charge >= 0.3 is 51.4 Å². The maximum atomic E-state index is 10.1. The molecule has 6 heteroatoms. The first-order chi connectivity index (χ1) is 14.5. The SMILES string of the molecule is CCCCCCCCCCCC(=O)[O-].CCCCCCCCCCCC(=O)[O-].[CH3][Sn+3].[Sn+4]. The van der Waals surface area contributed by atoms with Gasteiger partial charge in [0, 0.05) is 11.9 Å². The number of aliphatic carboxylic acids is 2. The van der Waals surface area contributed by atoms with E-state index in [0.29, 0.717) is 0 Å². The van der Waals surface area contributed by atoms with Gasteiger partial charge in [-0.15, -0.1) is 0 Å². The zero-order valence-corrected chi connectivity index (χ0v) is 26.5. The number of unbranched alkanes of at least 4 members (excludes halogenated alkanes) is 16. The Balaban J connectivity index is -0.000000211. The minimum Gasteiger partial charge on any atom is 4.00 e. The van der Waals surface area contributed by atoms with Crippen LogP contribution in [0.4, 0.5) is 0 Å². The van der Waals surface area contributed by atoms with Crippen molar-refractivity contribution in [3.8, 4) is 0 Å². The van der Waals surface area contributed by atoms with Gasteiger partial charge in [-0.25, -0.2) is 0 Å². The topological polar surface area (TPSA) is 80.3 Å². The summed E-state index contributed by atoms with van der Waals surface area (Å²) in [5.74, 6) is -1.82. The van der Waals surface area contributed by atoms with E-state index >= 15 is 0 Å². The van der Waals surface area contributed by atoms with Crippen LogP contribution in [-0.2, 0) is 9.59 Å². The first kappa shape index (κ1) is 38.8. The van der Waals surface area contributed by atoms with Gasteiger partial charge in [0.25, 0.3) is 0 Å². The van der Waals surface area contributed by atoms with Crippen LogP contribution in [0.2, 0.25) is 4.94 Å². The summed E-state index contributed by atoms with van der Waals surface area (Å²) in [6.45, 7) is 4.44. The van der Waals surface area contributed by atoms with Gasteiger partial charge in [-0.3, -0.25) is 0 Å². The Kier molecular flexibility index (Phi) is 47.3. The molecule has 0 radical (unpaired) electrons. The van der Waals surface area contributed by atoms with Crippen LogP contribution in [0.5, 0.6) is 0 Å². The maximum Gasteiger partial charge on any atom is 4.00 e. The fourth-order valence-electron chi connectivity index (χ4n) is 3.16. The fraction of sp³-hybridized carbons (Fsp3) is 0.920. The van der Waals surface area contributed by atoms with Gasteiger partial charge in [-0.05, 0) is 25.7 Å². The van der Waals surface area contributed by atoms with Gasteiger partial charge in [0.1, 0.15) is 0 Å². The van der Waals surface area contributed by atoms with Crippen LogP contribution in [0.15, 0.2) is 0 Å². The number of carboxylic acids is 2. The van der Waals surface area contributed by atoms with Crippen molar-refractivity contribution < 1.29 is 19.8 Å². The minimum atomic E-state index is -0.909. The summed E-state index contributed by atoms with van der Waals surface area (Å²) in [5.41, 5.74) is 0. The third-order valence-electron chi connectivity index (χ3n) is 4.97. The number of carbonyl (C=O) groups is 2. The van der Waals surface area contributed by atoms with Crippen molar-refractivity contribution in [2.24, 2.45) is 0 Å². The number of hydrogen-bond acceptors (Lipinski definition) is 4. The van der Waals surface area contributed by atoms with Crippen molar-refractivity contribution in [1.82, 2.24) is 0 Å². The molecule has 0 heterocycles. The van der Waals surface area contributed by atoms with Crippen LogP contribution < -0.4 is 10.2 Å². The molecule has 0 unspecified atom stereocenters. The molecule has 0 spiro atoms. The first-order valence-electron chi connectivity index (χ1n) is 12.4. The third-order valence-corrected chi connectivity index (χ3v) is 4.97. The number of hydrogen-bond donors (Lipinski definition) is 0. The molecule has 0 aliphatic carbocycles. The van der Waals surface area contributed by atoms with Crippen LogP contribution >= 0.6 is 0 Å². The van der Waals surface area contributed by atoms with Crippen LogP contribution in [0, 0.1) is 0 Å². The number of carboxylic acid groups (broad SMARTS) is 2. The average molecular weight is 651 g/mol. The molecule has 176 valence electrons. The molecule has 0 fully saturated rings. The van der Waals surface area contributed by atoms with E-state index < -0.39 is 11.9 Å². The van der Waals surface area contributed by atoms with Gasteiger partial charge in [0.05, 0.1) is 0 Å².